The van der Waals surface area contributed by atoms with Crippen molar-refractivity contribution in [2.75, 3.05) is 20.1 Å². The van der Waals surface area contributed by atoms with Gasteiger partial charge in [0.05, 0.1) is 11.1 Å². The van der Waals surface area contributed by atoms with Gasteiger partial charge in [0.15, 0.2) is 0 Å². The molecule has 1 saturated heterocycles. The summed E-state index contributed by atoms with van der Waals surface area (Å²) in [7, 11) is 2.16. The average molecular weight is 308 g/mol. The van der Waals surface area contributed by atoms with Crippen LogP contribution in [0.3, 0.4) is 0 Å². The monoisotopic (exact) mass is 308 g/mol. The van der Waals surface area contributed by atoms with Crippen molar-refractivity contribution in [3.8, 4) is 0 Å². The van der Waals surface area contributed by atoms with E-state index in [0.29, 0.717) is 11.6 Å². The average Bonchev–Trinajstić information content (AvgIpc) is 2.89. The molecule has 1 aliphatic heterocycles. The Morgan fingerprint density at radius 3 is 2.48 bits per heavy atom. The van der Waals surface area contributed by atoms with Crippen molar-refractivity contribution in [3.63, 3.8) is 0 Å². The molecule has 1 fully saturated rings. The first-order chi connectivity index (χ1) is 11.1. The number of hydrogen-bond donors (Lipinski definition) is 1. The van der Waals surface area contributed by atoms with Crippen molar-refractivity contribution >= 4 is 27.8 Å². The molecule has 118 valence electrons. The number of piperidine rings is 1. The normalized spacial score (nSPS) is 17.1. The van der Waals surface area contributed by atoms with Gasteiger partial charge in [-0.15, -0.1) is 0 Å². The molecule has 0 radical (unpaired) electrons. The second-order valence-corrected chi connectivity index (χ2v) is 6.46. The van der Waals surface area contributed by atoms with Gasteiger partial charge in [-0.25, -0.2) is 4.79 Å². The fraction of sp³-hybridized carbons (Fsp3) is 0.316. The molecule has 1 aromatic heterocycles. The summed E-state index contributed by atoms with van der Waals surface area (Å²) in [6.45, 7) is 2.16. The minimum atomic E-state index is -0.868. The van der Waals surface area contributed by atoms with E-state index < -0.39 is 5.97 Å². The maximum absolute atomic E-state index is 11.4. The fourth-order valence-corrected chi connectivity index (χ4v) is 3.78. The number of benzene rings is 2. The van der Waals surface area contributed by atoms with Gasteiger partial charge in [-0.2, -0.15) is 0 Å². The first-order valence-corrected chi connectivity index (χ1v) is 8.09. The summed E-state index contributed by atoms with van der Waals surface area (Å²) in [5.41, 5.74) is 2.61. The highest BCUT2D eigenvalue weighted by Crippen LogP contribution is 2.35. The van der Waals surface area contributed by atoms with Crippen molar-refractivity contribution < 1.29 is 9.90 Å². The third kappa shape index (κ3) is 2.30. The van der Waals surface area contributed by atoms with Crippen LogP contribution in [0.2, 0.25) is 0 Å². The van der Waals surface area contributed by atoms with Gasteiger partial charge in [-0.3, -0.25) is 0 Å². The van der Waals surface area contributed by atoms with Crippen LogP contribution in [-0.2, 0) is 0 Å². The largest absolute Gasteiger partial charge is 0.478 e. The molecule has 0 unspecified atom stereocenters. The van der Waals surface area contributed by atoms with Gasteiger partial charge >= 0.3 is 5.97 Å². The first-order valence-electron chi connectivity index (χ1n) is 8.09. The second-order valence-electron chi connectivity index (χ2n) is 6.46. The molecule has 2 heterocycles. The van der Waals surface area contributed by atoms with Gasteiger partial charge in [-0.05, 0) is 51.2 Å². The molecule has 1 aliphatic rings. The number of aromatic carboxylic acids is 1. The summed E-state index contributed by atoms with van der Waals surface area (Å²) in [6.07, 6.45) is 2.20. The third-order valence-electron chi connectivity index (χ3n) is 5.01. The Kier molecular flexibility index (Phi) is 3.34. The van der Waals surface area contributed by atoms with E-state index in [4.69, 9.17) is 0 Å². The van der Waals surface area contributed by atoms with Gasteiger partial charge in [0.25, 0.3) is 0 Å². The zero-order valence-corrected chi connectivity index (χ0v) is 13.2. The molecule has 4 nitrogen and oxygen atoms in total. The molecule has 0 saturated carbocycles. The van der Waals surface area contributed by atoms with E-state index in [1.165, 1.54) is 10.9 Å². The smallest absolute Gasteiger partial charge is 0.335 e. The molecule has 4 rings (SSSR count). The lowest BCUT2D eigenvalue weighted by atomic mass is 10.0. The highest BCUT2D eigenvalue weighted by molar-refractivity contribution is 6.09. The van der Waals surface area contributed by atoms with Gasteiger partial charge in [0.2, 0.25) is 0 Å². The molecule has 0 aliphatic carbocycles. The summed E-state index contributed by atoms with van der Waals surface area (Å²) in [4.78, 5) is 13.7. The predicted molar refractivity (Wildman–Crippen MR) is 92.2 cm³/mol. The molecule has 0 amide bonds. The number of hydrogen-bond acceptors (Lipinski definition) is 2. The SMILES string of the molecule is CN1CCC(n2c3ccccc3c3ccc(C(=O)O)cc32)CC1. The molecule has 1 N–H and O–H groups in total. The van der Waals surface area contributed by atoms with E-state index in [1.54, 1.807) is 6.07 Å². The van der Waals surface area contributed by atoms with Gasteiger partial charge < -0.3 is 14.6 Å². The Morgan fingerprint density at radius 1 is 1.04 bits per heavy atom. The number of rotatable bonds is 2. The lowest BCUT2D eigenvalue weighted by Crippen LogP contribution is -2.31. The van der Waals surface area contributed by atoms with Crippen LogP contribution in [0.25, 0.3) is 21.8 Å². The molecular weight excluding hydrogens is 288 g/mol. The van der Waals surface area contributed by atoms with Crippen LogP contribution in [-0.4, -0.2) is 40.7 Å². The minimum Gasteiger partial charge on any atom is -0.478 e. The summed E-state index contributed by atoms with van der Waals surface area (Å²) in [5, 5.41) is 11.7. The van der Waals surface area contributed by atoms with E-state index in [9.17, 15) is 9.90 Å². The van der Waals surface area contributed by atoms with Crippen LogP contribution in [0.1, 0.15) is 29.2 Å². The number of carbonyl (C=O) groups is 1. The number of para-hydroxylation sites is 1. The van der Waals surface area contributed by atoms with Crippen LogP contribution >= 0.6 is 0 Å². The molecule has 0 bridgehead atoms. The maximum atomic E-state index is 11.4. The number of aromatic nitrogens is 1. The Bertz CT molecular complexity index is 889. The Balaban J connectivity index is 1.97. The Hall–Kier alpha value is -2.33. The fourth-order valence-electron chi connectivity index (χ4n) is 3.78. The van der Waals surface area contributed by atoms with E-state index in [2.05, 4.69) is 34.7 Å². The number of nitrogens with zero attached hydrogens (tertiary/aromatic N) is 2. The summed E-state index contributed by atoms with van der Waals surface area (Å²) >= 11 is 0. The van der Waals surface area contributed by atoms with Crippen LogP contribution in [0.15, 0.2) is 42.5 Å². The van der Waals surface area contributed by atoms with Crippen molar-refractivity contribution in [2.24, 2.45) is 0 Å². The third-order valence-corrected chi connectivity index (χ3v) is 5.01. The van der Waals surface area contributed by atoms with Crippen LogP contribution in [0, 0.1) is 0 Å². The van der Waals surface area contributed by atoms with E-state index in [-0.39, 0.29) is 0 Å². The lowest BCUT2D eigenvalue weighted by molar-refractivity contribution is 0.0697. The quantitative estimate of drug-likeness (QED) is 0.784. The van der Waals surface area contributed by atoms with Crippen LogP contribution in [0.4, 0.5) is 0 Å². The van der Waals surface area contributed by atoms with Crippen molar-refractivity contribution in [3.05, 3.63) is 48.0 Å². The second kappa shape index (κ2) is 5.39. The highest BCUT2D eigenvalue weighted by atomic mass is 16.4. The van der Waals surface area contributed by atoms with E-state index >= 15 is 0 Å². The topological polar surface area (TPSA) is 45.5 Å². The van der Waals surface area contributed by atoms with E-state index in [0.717, 1.165) is 36.8 Å². The Morgan fingerprint density at radius 2 is 1.74 bits per heavy atom. The molecule has 23 heavy (non-hydrogen) atoms. The number of carboxylic acid groups (broad SMARTS) is 1. The molecule has 0 spiro atoms. The first kappa shape index (κ1) is 14.3. The highest BCUT2D eigenvalue weighted by Gasteiger charge is 2.22. The maximum Gasteiger partial charge on any atom is 0.335 e. The predicted octanol–water partition coefficient (Wildman–Crippen LogP) is 3.76. The van der Waals surface area contributed by atoms with E-state index in [1.807, 2.05) is 18.2 Å². The molecule has 0 atom stereocenters. The zero-order chi connectivity index (χ0) is 16.0. The van der Waals surface area contributed by atoms with Gasteiger partial charge in [0.1, 0.15) is 0 Å². The zero-order valence-electron chi connectivity index (χ0n) is 13.2. The van der Waals surface area contributed by atoms with Crippen molar-refractivity contribution in [1.82, 2.24) is 9.47 Å². The number of carboxylic acids is 1. The van der Waals surface area contributed by atoms with Crippen LogP contribution < -0.4 is 0 Å². The van der Waals surface area contributed by atoms with Gasteiger partial charge in [0, 0.05) is 22.3 Å². The van der Waals surface area contributed by atoms with Gasteiger partial charge in [-0.1, -0.05) is 24.3 Å². The standard InChI is InChI=1S/C19H20N2O2/c1-20-10-8-14(9-11-20)21-17-5-3-2-4-15(17)16-7-6-13(19(22)23)12-18(16)21/h2-7,12,14H,8-11H2,1H3,(H,22,23). The molecular formula is C19H20N2O2. The summed E-state index contributed by atoms with van der Waals surface area (Å²) < 4.78 is 2.37. The summed E-state index contributed by atoms with van der Waals surface area (Å²) in [5.74, 6) is -0.868. The molecule has 4 heteroatoms. The minimum absolute atomic E-state index is 0.356. The molecule has 3 aromatic rings. The number of likely N-dealkylation sites (tertiary alicyclic amines) is 1. The Labute approximate surface area is 134 Å². The molecule has 2 aromatic carbocycles. The summed E-state index contributed by atoms with van der Waals surface area (Å²) in [6, 6.07) is 14.3. The van der Waals surface area contributed by atoms with Crippen LogP contribution in [0.5, 0.6) is 0 Å². The number of fused-ring (bicyclic) bond motifs is 3. The lowest BCUT2D eigenvalue weighted by Gasteiger charge is -2.31. The van der Waals surface area contributed by atoms with Crippen molar-refractivity contribution in [1.29, 1.82) is 0 Å². The van der Waals surface area contributed by atoms with Crippen molar-refractivity contribution in [2.45, 2.75) is 18.9 Å².